The van der Waals surface area contributed by atoms with Gasteiger partial charge in [-0.1, -0.05) is 66.7 Å². The molecule has 9 aromatic rings. The average Bonchev–Trinajstić information content (AvgIpc) is 0.830. The van der Waals surface area contributed by atoms with Gasteiger partial charge in [0.05, 0.1) is 66.4 Å². The molecule has 588 valence electrons. The molecule has 2 saturated carbocycles. The van der Waals surface area contributed by atoms with Crippen molar-refractivity contribution < 1.29 is 60.3 Å². The van der Waals surface area contributed by atoms with E-state index in [4.69, 9.17) is 10.00 Å². The van der Waals surface area contributed by atoms with E-state index in [0.29, 0.717) is 71.8 Å². The van der Waals surface area contributed by atoms with Crippen LogP contribution in [-0.4, -0.2) is 108 Å². The molecule has 5 heterocycles. The van der Waals surface area contributed by atoms with Gasteiger partial charge in [-0.15, -0.1) is 0 Å². The van der Waals surface area contributed by atoms with Crippen LogP contribution in [-0.2, 0) is 57.4 Å². The molecule has 0 unspecified atom stereocenters. The number of alkyl halides is 8. The minimum absolute atomic E-state index is 0.0546. The highest BCUT2D eigenvalue weighted by Crippen LogP contribution is 2.36. The second-order valence-corrected chi connectivity index (χ2v) is 27.3. The number of rotatable bonds is 25. The number of hydrogen-bond acceptors (Lipinski definition) is 25. The minimum atomic E-state index is -4.46. The maximum atomic E-state index is 13.8. The van der Waals surface area contributed by atoms with Crippen LogP contribution >= 0.6 is 0 Å². The molecular weight excluding hydrogens is 1460 g/mol. The molecular formula is C79H86F8N20O5. The Hall–Kier alpha value is -12.0. The first-order valence-electron chi connectivity index (χ1n) is 35.8. The van der Waals surface area contributed by atoms with E-state index in [-0.39, 0.29) is 114 Å². The van der Waals surface area contributed by atoms with E-state index in [9.17, 15) is 71.3 Å². The largest absolute Gasteiger partial charge is 0.491 e. The second-order valence-electron chi connectivity index (χ2n) is 27.3. The zero-order valence-electron chi connectivity index (χ0n) is 62.2. The summed E-state index contributed by atoms with van der Waals surface area (Å²) in [5, 5.41) is 96.8. The fourth-order valence-corrected chi connectivity index (χ4v) is 11.7. The zero-order chi connectivity index (χ0) is 81.2. The number of nitrogens with zero attached hydrogens (tertiary/aromatic N) is 13. The van der Waals surface area contributed by atoms with Crippen molar-refractivity contribution in [2.24, 2.45) is 0 Å². The molecule has 0 bridgehead atoms. The van der Waals surface area contributed by atoms with Gasteiger partial charge >= 0.3 is 12.4 Å². The summed E-state index contributed by atoms with van der Waals surface area (Å²) < 4.78 is 112. The highest BCUT2D eigenvalue weighted by Gasteiger charge is 2.35. The predicted octanol–water partition coefficient (Wildman–Crippen LogP) is 14.5. The van der Waals surface area contributed by atoms with Crippen LogP contribution in [0.3, 0.4) is 0 Å². The van der Waals surface area contributed by atoms with Crippen LogP contribution in [0.2, 0.25) is 0 Å². The number of anilines is 8. The van der Waals surface area contributed by atoms with Crippen LogP contribution in [0.1, 0.15) is 164 Å². The molecule has 2 fully saturated rings. The minimum Gasteiger partial charge on any atom is -0.491 e. The lowest BCUT2D eigenvalue weighted by Crippen LogP contribution is -2.30. The number of para-hydroxylation sites is 1. The molecule has 0 amide bonds. The van der Waals surface area contributed by atoms with Crippen LogP contribution < -0.4 is 42.0 Å². The van der Waals surface area contributed by atoms with E-state index < -0.39 is 35.0 Å². The number of benzene rings is 4. The highest BCUT2D eigenvalue weighted by molar-refractivity contribution is 5.66. The lowest BCUT2D eigenvalue weighted by atomic mass is 9.93. The summed E-state index contributed by atoms with van der Waals surface area (Å²) in [6, 6.07) is 33.5. The molecule has 4 aromatic carbocycles. The second kappa shape index (κ2) is 40.1. The molecule has 33 heteroatoms. The lowest BCUT2D eigenvalue weighted by Gasteiger charge is -2.26. The Bertz CT molecular complexity index is 4770. The van der Waals surface area contributed by atoms with Crippen molar-refractivity contribution in [1.29, 1.82) is 21.0 Å². The molecule has 0 radical (unpaired) electrons. The van der Waals surface area contributed by atoms with Gasteiger partial charge < -0.3 is 62.4 Å². The van der Waals surface area contributed by atoms with Crippen molar-refractivity contribution in [3.63, 3.8) is 0 Å². The maximum Gasteiger partial charge on any atom is 0.416 e. The molecule has 0 spiro atoms. The molecule has 0 saturated heterocycles. The van der Waals surface area contributed by atoms with Gasteiger partial charge in [-0.3, -0.25) is 4.98 Å². The SMILES string of the molecule is CC(C)(O)CNc1nc(NCc2ccccc2C(F)(F)F)ncc1C#N.CC(C)Oc1ccccc1CNc1ncc(C#N)c(NC2CCC(O)CC2)n1.Cc1c(CO)cccc1Nc1nc(CCc2cnccc2C(C)(F)F)ncc1C#N.N#Cc1cnc(NCc2ccccc2C(F)(F)F)nc1NC1CCC(O)CC1. The fourth-order valence-electron chi connectivity index (χ4n) is 11.7. The normalized spacial score (nSPS) is 15.4. The number of aliphatic hydroxyl groups is 4. The summed E-state index contributed by atoms with van der Waals surface area (Å²) in [5.74, 6) is 0.332. The number of pyridine rings is 1. The van der Waals surface area contributed by atoms with Crippen LogP contribution in [0, 0.1) is 52.2 Å². The van der Waals surface area contributed by atoms with Crippen LogP contribution in [0.4, 0.5) is 81.9 Å². The van der Waals surface area contributed by atoms with E-state index in [1.54, 1.807) is 19.9 Å². The van der Waals surface area contributed by atoms with Gasteiger partial charge in [0.1, 0.15) is 75.6 Å². The Morgan fingerprint density at radius 2 is 0.929 bits per heavy atom. The smallest absolute Gasteiger partial charge is 0.416 e. The molecule has 0 atom stereocenters. The number of nitriles is 4. The lowest BCUT2D eigenvalue weighted by molar-refractivity contribution is -0.139. The number of ether oxygens (including phenoxy) is 1. The number of aliphatic hydroxyl groups excluding tert-OH is 3. The summed E-state index contributed by atoms with van der Waals surface area (Å²) in [6.45, 7) is 10.2. The van der Waals surface area contributed by atoms with Gasteiger partial charge in [0, 0.05) is 80.8 Å². The van der Waals surface area contributed by atoms with Crippen molar-refractivity contribution in [3.8, 4) is 30.0 Å². The summed E-state index contributed by atoms with van der Waals surface area (Å²) in [4.78, 5) is 37.6. The molecule has 11 N–H and O–H groups in total. The first-order valence-corrected chi connectivity index (χ1v) is 35.8. The first-order chi connectivity index (χ1) is 53.3. The molecule has 2 aliphatic carbocycles. The van der Waals surface area contributed by atoms with E-state index in [2.05, 4.69) is 88.1 Å². The molecule has 2 aliphatic rings. The molecule has 11 rings (SSSR count). The third kappa shape index (κ3) is 26.1. The van der Waals surface area contributed by atoms with Gasteiger partial charge in [-0.25, -0.2) is 33.7 Å². The number of halogens is 8. The number of aromatic nitrogens is 9. The Morgan fingerprint density at radius 1 is 0.491 bits per heavy atom. The van der Waals surface area contributed by atoms with Crippen LogP contribution in [0.15, 0.2) is 134 Å². The fraction of sp³-hybridized carbons (Fsp3) is 0.380. The van der Waals surface area contributed by atoms with Crippen molar-refractivity contribution >= 4 is 46.8 Å². The number of nitrogens with one attached hydrogen (secondary N) is 7. The van der Waals surface area contributed by atoms with Crippen LogP contribution in [0.5, 0.6) is 5.75 Å². The van der Waals surface area contributed by atoms with Gasteiger partial charge in [-0.05, 0) is 151 Å². The summed E-state index contributed by atoms with van der Waals surface area (Å²) in [6.07, 6.45) is 5.69. The Balaban J connectivity index is 0.000000188. The molecule has 0 aliphatic heterocycles. The predicted molar refractivity (Wildman–Crippen MR) is 404 cm³/mol. The Kier molecular flexibility index (Phi) is 30.6. The standard InChI is InChI=1S/C22H21F2N5O.C21H27N5O2.C19H20F3N5O.C17H18F3N5O/c1-14-16(13-30)4-3-5-19(14)28-21-17(10-25)12-27-20(29-21)7-6-15-11-26-9-8-18(15)22(2,23)24;1-14(2)28-19-6-4-3-5-15(19)12-23-21-24-13-16(11-22)20(26-21)25-17-7-9-18(27)10-8-17;20-19(21,22)16-4-2-1-3-12(16)10-24-18-25-11-13(9-23)17(27-18)26-14-5-7-15(28)8-6-14;1-16(2,26)10-24-14-12(7-21)9-23-15(25-14)22-8-11-5-3-4-6-13(11)17(18,19)20/h3-5,8-9,11-12,30H,6-7,13H2,1-2H3,(H,27,28,29);3-6,13-14,17-18,27H,7-10,12H2,1-2H3,(H2,23,24,25,26);1-4,11,14-15,28H,5-8,10H2,(H2,24,25,26,27);3-6,9,26H,8,10H2,1-2H3,(H2,22,23,24,25). The topological polar surface area (TPSA) is 386 Å². The van der Waals surface area contributed by atoms with Crippen molar-refractivity contribution in [3.05, 3.63) is 212 Å². The third-order valence-electron chi connectivity index (χ3n) is 17.6. The number of aryl methyl sites for hydroxylation is 2. The molecule has 5 aromatic heterocycles. The van der Waals surface area contributed by atoms with Gasteiger partial charge in [0.25, 0.3) is 5.92 Å². The van der Waals surface area contributed by atoms with Crippen molar-refractivity contribution in [2.45, 2.75) is 186 Å². The average molecular weight is 1550 g/mol. The van der Waals surface area contributed by atoms with Gasteiger partial charge in [0.2, 0.25) is 17.8 Å². The quantitative estimate of drug-likeness (QED) is 0.0237. The monoisotopic (exact) mass is 1550 g/mol. The summed E-state index contributed by atoms with van der Waals surface area (Å²) in [5.41, 5.74) is 2.44. The van der Waals surface area contributed by atoms with E-state index in [1.165, 1.54) is 79.6 Å². The van der Waals surface area contributed by atoms with E-state index >= 15 is 0 Å². The van der Waals surface area contributed by atoms with E-state index in [1.807, 2.05) is 75.4 Å². The first kappa shape index (κ1) is 85.6. The summed E-state index contributed by atoms with van der Waals surface area (Å²) >= 11 is 0. The van der Waals surface area contributed by atoms with Gasteiger partial charge in [0.15, 0.2) is 5.82 Å². The van der Waals surface area contributed by atoms with Crippen molar-refractivity contribution in [2.75, 3.05) is 43.8 Å². The zero-order valence-corrected chi connectivity index (χ0v) is 62.2. The van der Waals surface area contributed by atoms with Crippen LogP contribution in [0.25, 0.3) is 0 Å². The Morgan fingerprint density at radius 3 is 1.39 bits per heavy atom. The number of hydrogen-bond donors (Lipinski definition) is 11. The molecule has 25 nitrogen and oxygen atoms in total. The molecule has 112 heavy (non-hydrogen) atoms. The summed E-state index contributed by atoms with van der Waals surface area (Å²) in [7, 11) is 0. The maximum absolute atomic E-state index is 13.8. The van der Waals surface area contributed by atoms with Gasteiger partial charge in [-0.2, -0.15) is 62.3 Å². The third-order valence-corrected chi connectivity index (χ3v) is 17.6. The Labute approximate surface area is 642 Å². The van der Waals surface area contributed by atoms with Crippen molar-refractivity contribution in [1.82, 2.24) is 44.9 Å². The highest BCUT2D eigenvalue weighted by atomic mass is 19.4. The van der Waals surface area contributed by atoms with E-state index in [0.717, 1.165) is 80.0 Å².